The van der Waals surface area contributed by atoms with Crippen LogP contribution < -0.4 is 0 Å². The summed E-state index contributed by atoms with van der Waals surface area (Å²) in [6.07, 6.45) is 0.851. The topological polar surface area (TPSA) is 63.6 Å². The van der Waals surface area contributed by atoms with Crippen molar-refractivity contribution in [1.82, 2.24) is 0 Å². The fraction of sp³-hybridized carbons (Fsp3) is 0.333. The van der Waals surface area contributed by atoms with Crippen LogP contribution in [0.5, 0.6) is 0 Å². The van der Waals surface area contributed by atoms with E-state index in [0.717, 1.165) is 16.3 Å². The van der Waals surface area contributed by atoms with Gasteiger partial charge in [0.1, 0.15) is 6.61 Å². The van der Waals surface area contributed by atoms with Crippen LogP contribution in [0.4, 0.5) is 0 Å². The molecule has 0 aliphatic heterocycles. The molecule has 4 nitrogen and oxygen atoms in total. The highest BCUT2D eigenvalue weighted by Gasteiger charge is 2.35. The fourth-order valence-electron chi connectivity index (χ4n) is 4.13. The second-order valence-corrected chi connectivity index (χ2v) is 9.73. The molecule has 0 heterocycles. The number of carboxylic acids is 1. The number of aliphatic carboxylic acids is 1. The Bertz CT molecular complexity index is 1280. The second-order valence-electron chi connectivity index (χ2n) is 9.73. The van der Waals surface area contributed by atoms with Crippen LogP contribution in [-0.2, 0) is 20.9 Å². The van der Waals surface area contributed by atoms with Gasteiger partial charge in [-0.2, -0.15) is 0 Å². The molecule has 0 aromatic heterocycles. The van der Waals surface area contributed by atoms with Crippen molar-refractivity contribution in [3.8, 4) is 0 Å². The van der Waals surface area contributed by atoms with Crippen LogP contribution in [0.3, 0.4) is 0 Å². The highest BCUT2D eigenvalue weighted by Crippen LogP contribution is 2.37. The monoisotopic (exact) mass is 416 g/mol. The van der Waals surface area contributed by atoms with E-state index in [-0.39, 0.29) is 12.6 Å². The van der Waals surface area contributed by atoms with Crippen molar-refractivity contribution in [2.75, 3.05) is 0 Å². The normalized spacial score (nSPS) is 12.6. The third kappa shape index (κ3) is 3.83. The molecule has 0 bridgehead atoms. The molecule has 31 heavy (non-hydrogen) atoms. The van der Waals surface area contributed by atoms with Gasteiger partial charge in [-0.05, 0) is 84.5 Å². The van der Waals surface area contributed by atoms with Gasteiger partial charge in [-0.3, -0.25) is 9.59 Å². The van der Waals surface area contributed by atoms with Crippen molar-refractivity contribution in [2.45, 2.75) is 47.1 Å². The standard InChI is InChI=1S/C27H28O4/c1-26(2,24(28)29)13-14-27(3,4)25(30)31-16-20-15-19-9-5-7-17-11-12-18-8-6-10-21(20)23(18)22(17)19/h5-12,15H,13-14,16H2,1-4H3,(H,28,29). The molecule has 0 amide bonds. The van der Waals surface area contributed by atoms with Crippen molar-refractivity contribution >= 4 is 44.3 Å². The van der Waals surface area contributed by atoms with E-state index in [9.17, 15) is 14.7 Å². The Hall–Kier alpha value is -3.14. The lowest BCUT2D eigenvalue weighted by molar-refractivity contribution is -0.157. The molecular weight excluding hydrogens is 388 g/mol. The van der Waals surface area contributed by atoms with E-state index in [2.05, 4.69) is 42.5 Å². The smallest absolute Gasteiger partial charge is 0.311 e. The summed E-state index contributed by atoms with van der Waals surface area (Å²) in [5, 5.41) is 16.4. The minimum atomic E-state index is -0.874. The Kier molecular flexibility index (Phi) is 5.12. The summed E-state index contributed by atoms with van der Waals surface area (Å²) in [5.41, 5.74) is -0.653. The average molecular weight is 417 g/mol. The predicted molar refractivity (Wildman–Crippen MR) is 124 cm³/mol. The van der Waals surface area contributed by atoms with Crippen molar-refractivity contribution in [3.05, 3.63) is 60.2 Å². The molecule has 0 spiro atoms. The largest absolute Gasteiger partial charge is 0.481 e. The Morgan fingerprint density at radius 2 is 1.39 bits per heavy atom. The number of carbonyl (C=O) groups excluding carboxylic acids is 1. The first kappa shape index (κ1) is 21.1. The van der Waals surface area contributed by atoms with Crippen LogP contribution in [0, 0.1) is 10.8 Å². The summed E-state index contributed by atoms with van der Waals surface area (Å²) in [5.74, 6) is -1.16. The lowest BCUT2D eigenvalue weighted by atomic mass is 9.79. The van der Waals surface area contributed by atoms with E-state index >= 15 is 0 Å². The van der Waals surface area contributed by atoms with Gasteiger partial charge < -0.3 is 9.84 Å². The van der Waals surface area contributed by atoms with Crippen LogP contribution in [0.25, 0.3) is 32.3 Å². The molecule has 4 aromatic carbocycles. The number of benzene rings is 4. The molecular formula is C27H28O4. The van der Waals surface area contributed by atoms with Crippen LogP contribution in [0.2, 0.25) is 0 Å². The average Bonchev–Trinajstić information content (AvgIpc) is 2.74. The molecule has 0 radical (unpaired) electrons. The second kappa shape index (κ2) is 7.52. The minimum absolute atomic E-state index is 0.189. The van der Waals surface area contributed by atoms with Gasteiger partial charge in [0, 0.05) is 0 Å². The molecule has 0 fully saturated rings. The Morgan fingerprint density at radius 1 is 0.806 bits per heavy atom. The zero-order chi connectivity index (χ0) is 22.4. The molecule has 0 unspecified atom stereocenters. The molecule has 4 rings (SSSR count). The third-order valence-electron chi connectivity index (χ3n) is 6.46. The number of ether oxygens (including phenoxy) is 1. The summed E-state index contributed by atoms with van der Waals surface area (Å²) in [4.78, 5) is 24.3. The van der Waals surface area contributed by atoms with E-state index in [1.807, 2.05) is 26.0 Å². The Morgan fingerprint density at radius 3 is 2.06 bits per heavy atom. The maximum atomic E-state index is 12.9. The summed E-state index contributed by atoms with van der Waals surface area (Å²) in [7, 11) is 0. The van der Waals surface area contributed by atoms with Gasteiger partial charge in [-0.25, -0.2) is 0 Å². The number of rotatable bonds is 7. The van der Waals surface area contributed by atoms with Crippen molar-refractivity contribution in [2.24, 2.45) is 10.8 Å². The highest BCUT2D eigenvalue weighted by atomic mass is 16.5. The number of hydrogen-bond donors (Lipinski definition) is 1. The van der Waals surface area contributed by atoms with E-state index in [1.165, 1.54) is 21.5 Å². The Labute approximate surface area is 182 Å². The molecule has 0 saturated carbocycles. The van der Waals surface area contributed by atoms with Gasteiger partial charge >= 0.3 is 11.9 Å². The van der Waals surface area contributed by atoms with Gasteiger partial charge in [0.05, 0.1) is 10.8 Å². The molecule has 1 N–H and O–H groups in total. The summed E-state index contributed by atoms with van der Waals surface area (Å²) in [6.45, 7) is 7.19. The zero-order valence-electron chi connectivity index (χ0n) is 18.5. The van der Waals surface area contributed by atoms with Gasteiger partial charge in [-0.1, -0.05) is 48.5 Å². The summed E-state index contributed by atoms with van der Waals surface area (Å²) in [6, 6.07) is 18.9. The van der Waals surface area contributed by atoms with Crippen molar-refractivity contribution in [1.29, 1.82) is 0 Å². The quantitative estimate of drug-likeness (QED) is 0.274. The maximum Gasteiger partial charge on any atom is 0.311 e. The summed E-state index contributed by atoms with van der Waals surface area (Å²) >= 11 is 0. The lowest BCUT2D eigenvalue weighted by Crippen LogP contribution is -2.31. The molecule has 0 saturated heterocycles. The number of hydrogen-bond acceptors (Lipinski definition) is 3. The highest BCUT2D eigenvalue weighted by molar-refractivity contribution is 6.23. The maximum absolute atomic E-state index is 12.9. The molecule has 0 aliphatic carbocycles. The SMILES string of the molecule is CC(C)(CCC(C)(C)C(=O)OCc1cc2cccc3ccc4cccc1c4c32)C(=O)O. The number of carboxylic acid groups (broad SMARTS) is 1. The van der Waals surface area contributed by atoms with Crippen LogP contribution in [0.15, 0.2) is 54.6 Å². The molecule has 0 aliphatic rings. The van der Waals surface area contributed by atoms with Gasteiger partial charge in [-0.15, -0.1) is 0 Å². The van der Waals surface area contributed by atoms with Gasteiger partial charge in [0.25, 0.3) is 0 Å². The van der Waals surface area contributed by atoms with Crippen LogP contribution in [-0.4, -0.2) is 17.0 Å². The number of esters is 1. The zero-order valence-corrected chi connectivity index (χ0v) is 18.5. The molecule has 0 atom stereocenters. The first-order chi connectivity index (χ1) is 14.6. The molecule has 4 heteroatoms. The first-order valence-electron chi connectivity index (χ1n) is 10.7. The van der Waals surface area contributed by atoms with Gasteiger partial charge in [0.2, 0.25) is 0 Å². The van der Waals surface area contributed by atoms with E-state index in [4.69, 9.17) is 4.74 Å². The predicted octanol–water partition coefficient (Wildman–Crippen LogP) is 6.54. The Balaban J connectivity index is 1.60. The van der Waals surface area contributed by atoms with E-state index in [1.54, 1.807) is 13.8 Å². The first-order valence-corrected chi connectivity index (χ1v) is 10.7. The molecule has 160 valence electrons. The van der Waals surface area contributed by atoms with E-state index < -0.39 is 16.8 Å². The van der Waals surface area contributed by atoms with Crippen molar-refractivity contribution < 1.29 is 19.4 Å². The van der Waals surface area contributed by atoms with E-state index in [0.29, 0.717) is 12.8 Å². The molecule has 4 aromatic rings. The summed E-state index contributed by atoms with van der Waals surface area (Å²) < 4.78 is 5.76. The fourth-order valence-corrected chi connectivity index (χ4v) is 4.13. The van der Waals surface area contributed by atoms with Crippen LogP contribution in [0.1, 0.15) is 46.1 Å². The third-order valence-corrected chi connectivity index (χ3v) is 6.46. The minimum Gasteiger partial charge on any atom is -0.481 e. The number of carbonyl (C=O) groups is 2. The lowest BCUT2D eigenvalue weighted by Gasteiger charge is -2.27. The van der Waals surface area contributed by atoms with Gasteiger partial charge in [0.15, 0.2) is 0 Å². The van der Waals surface area contributed by atoms with Crippen molar-refractivity contribution in [3.63, 3.8) is 0 Å². The van der Waals surface area contributed by atoms with Crippen LogP contribution >= 0.6 is 0 Å².